The molecule has 0 bridgehead atoms. The zero-order valence-corrected chi connectivity index (χ0v) is 45.6. The van der Waals surface area contributed by atoms with Gasteiger partial charge in [0.1, 0.15) is 28.6 Å². The van der Waals surface area contributed by atoms with Crippen molar-refractivity contribution in [3.8, 4) is 23.0 Å². The van der Waals surface area contributed by atoms with E-state index < -0.39 is 0 Å². The number of benzene rings is 4. The van der Waals surface area contributed by atoms with Gasteiger partial charge in [-0.3, -0.25) is 9.59 Å². The number of ether oxygens (including phenoxy) is 4. The molecule has 0 aromatic heterocycles. The molecule has 1 aliphatic carbocycles. The van der Waals surface area contributed by atoms with E-state index in [0.717, 1.165) is 44.0 Å². The Bertz CT molecular complexity index is 1860. The van der Waals surface area contributed by atoms with Gasteiger partial charge in [0.05, 0.1) is 12.5 Å². The zero-order valence-electron chi connectivity index (χ0n) is 45.6. The van der Waals surface area contributed by atoms with Gasteiger partial charge >= 0.3 is 11.9 Å². The van der Waals surface area contributed by atoms with Gasteiger partial charge in [-0.2, -0.15) is 0 Å². The van der Waals surface area contributed by atoms with Crippen LogP contribution < -0.4 is 9.47 Å². The first kappa shape index (κ1) is 62.2. The number of phenols is 2. The number of carbonyl (C=O) groups excluding carboxylic acids is 2. The van der Waals surface area contributed by atoms with Gasteiger partial charge in [0.2, 0.25) is 0 Å². The Kier molecular flexibility index (Phi) is 31.1. The van der Waals surface area contributed by atoms with Gasteiger partial charge in [0.15, 0.2) is 6.29 Å². The topological polar surface area (TPSA) is 112 Å². The van der Waals surface area contributed by atoms with Crippen LogP contribution in [-0.4, -0.2) is 40.6 Å². The third kappa shape index (κ3) is 27.8. The summed E-state index contributed by atoms with van der Waals surface area (Å²) in [5.41, 5.74) is 4.90. The second-order valence-corrected chi connectivity index (χ2v) is 19.8. The normalized spacial score (nSPS) is 14.9. The van der Waals surface area contributed by atoms with Crippen LogP contribution in [-0.2, 0) is 19.1 Å². The van der Waals surface area contributed by atoms with Gasteiger partial charge in [0.25, 0.3) is 0 Å². The molecule has 0 amide bonds. The van der Waals surface area contributed by atoms with Crippen molar-refractivity contribution in [1.82, 2.24) is 0 Å². The maximum absolute atomic E-state index is 11.2. The Labute approximate surface area is 419 Å². The predicted octanol–water partition coefficient (Wildman–Crippen LogP) is 17.2. The van der Waals surface area contributed by atoms with Crippen LogP contribution in [0.3, 0.4) is 0 Å². The van der Waals surface area contributed by atoms with Crippen molar-refractivity contribution in [2.24, 2.45) is 11.8 Å². The monoisotopic (exact) mass is 955 g/mol. The molecule has 69 heavy (non-hydrogen) atoms. The lowest BCUT2D eigenvalue weighted by Gasteiger charge is -2.22. The lowest BCUT2D eigenvalue weighted by Crippen LogP contribution is -2.27. The fourth-order valence-electron chi connectivity index (χ4n) is 7.12. The second-order valence-electron chi connectivity index (χ2n) is 19.8. The van der Waals surface area contributed by atoms with Crippen LogP contribution in [0, 0.1) is 11.8 Å². The average Bonchev–Trinajstić information content (AvgIpc) is 3.34. The number of hydrogen-bond donors (Lipinski definition) is 2. The van der Waals surface area contributed by atoms with E-state index in [4.69, 9.17) is 29.2 Å². The Balaban J connectivity index is 0.000000447. The van der Waals surface area contributed by atoms with E-state index in [9.17, 15) is 9.59 Å². The molecule has 0 aliphatic heterocycles. The van der Waals surface area contributed by atoms with Crippen molar-refractivity contribution in [3.05, 3.63) is 119 Å². The van der Waals surface area contributed by atoms with Gasteiger partial charge in [0, 0.05) is 6.92 Å². The first-order valence-electron chi connectivity index (χ1n) is 26.1. The lowest BCUT2D eigenvalue weighted by molar-refractivity contribution is -0.159. The lowest BCUT2D eigenvalue weighted by atomic mass is 9.87. The molecule has 4 aromatic rings. The van der Waals surface area contributed by atoms with E-state index in [1.165, 1.54) is 74.1 Å². The quantitative estimate of drug-likeness (QED) is 0.0611. The van der Waals surface area contributed by atoms with Crippen LogP contribution in [0.2, 0.25) is 0 Å². The van der Waals surface area contributed by atoms with Crippen LogP contribution in [0.25, 0.3) is 0 Å². The number of phenolic OH excluding ortho intramolecular Hbond substituents is 2. The smallest absolute Gasteiger partial charge is 0.309 e. The Morgan fingerprint density at radius 3 is 1.25 bits per heavy atom. The van der Waals surface area contributed by atoms with Crippen molar-refractivity contribution in [1.29, 1.82) is 0 Å². The van der Waals surface area contributed by atoms with Crippen molar-refractivity contribution in [2.45, 2.75) is 210 Å². The van der Waals surface area contributed by atoms with E-state index in [1.54, 1.807) is 24.3 Å². The first-order chi connectivity index (χ1) is 32.7. The molecule has 5 rings (SSSR count). The van der Waals surface area contributed by atoms with Crippen molar-refractivity contribution >= 4 is 11.9 Å². The molecule has 386 valence electrons. The van der Waals surface area contributed by atoms with Crippen LogP contribution in [0.1, 0.15) is 220 Å². The molecule has 6 unspecified atom stereocenters. The molecule has 0 heterocycles. The van der Waals surface area contributed by atoms with Crippen molar-refractivity contribution in [2.75, 3.05) is 6.61 Å². The second kappa shape index (κ2) is 34.5. The van der Waals surface area contributed by atoms with Crippen molar-refractivity contribution in [3.63, 3.8) is 0 Å². The van der Waals surface area contributed by atoms with E-state index in [2.05, 4.69) is 79.7 Å². The van der Waals surface area contributed by atoms with Gasteiger partial charge in [-0.15, -0.1) is 0 Å². The number of hydrogen-bond acceptors (Lipinski definition) is 8. The summed E-state index contributed by atoms with van der Waals surface area (Å²) in [6.45, 7) is 31.2. The van der Waals surface area contributed by atoms with E-state index in [1.807, 2.05) is 90.1 Å². The van der Waals surface area contributed by atoms with Gasteiger partial charge in [-0.1, -0.05) is 150 Å². The number of esters is 2. The summed E-state index contributed by atoms with van der Waals surface area (Å²) in [6.07, 6.45) is 13.4. The summed E-state index contributed by atoms with van der Waals surface area (Å²) >= 11 is 0. The van der Waals surface area contributed by atoms with Gasteiger partial charge < -0.3 is 29.2 Å². The van der Waals surface area contributed by atoms with E-state index in [-0.39, 0.29) is 29.7 Å². The molecular weight excluding hydrogens is 861 g/mol. The number of aromatic hydroxyl groups is 2. The fraction of sp³-hybridized carbons (Fsp3) is 0.574. The molecule has 6 atom stereocenters. The minimum Gasteiger partial charge on any atom is -0.508 e. The fourth-order valence-corrected chi connectivity index (χ4v) is 7.12. The zero-order chi connectivity index (χ0) is 51.9. The summed E-state index contributed by atoms with van der Waals surface area (Å²) in [6, 6.07) is 31.0. The molecule has 0 spiro atoms. The Morgan fingerprint density at radius 1 is 0.551 bits per heavy atom. The Hall–Kier alpha value is -4.82. The Morgan fingerprint density at radius 2 is 0.913 bits per heavy atom. The van der Waals surface area contributed by atoms with Crippen LogP contribution in [0.5, 0.6) is 23.0 Å². The molecule has 1 aliphatic rings. The molecule has 4 aromatic carbocycles. The molecule has 2 N–H and O–H groups in total. The van der Waals surface area contributed by atoms with E-state index in [0.29, 0.717) is 40.9 Å². The van der Waals surface area contributed by atoms with E-state index >= 15 is 0 Å². The van der Waals surface area contributed by atoms with Crippen LogP contribution in [0.4, 0.5) is 0 Å². The highest BCUT2D eigenvalue weighted by molar-refractivity contribution is 5.72. The molecule has 8 nitrogen and oxygen atoms in total. The minimum atomic E-state index is -0.347. The maximum atomic E-state index is 11.2. The molecule has 0 saturated heterocycles. The summed E-state index contributed by atoms with van der Waals surface area (Å²) < 4.78 is 21.8. The first-order valence-corrected chi connectivity index (χ1v) is 26.1. The summed E-state index contributed by atoms with van der Waals surface area (Å²) in [7, 11) is 0. The predicted molar refractivity (Wildman–Crippen MR) is 288 cm³/mol. The number of rotatable bonds is 17. The van der Waals surface area contributed by atoms with Gasteiger partial charge in [-0.05, 0) is 167 Å². The third-order valence-corrected chi connectivity index (χ3v) is 12.9. The maximum Gasteiger partial charge on any atom is 0.309 e. The highest BCUT2D eigenvalue weighted by Gasteiger charge is 2.20. The van der Waals surface area contributed by atoms with Crippen LogP contribution in [0.15, 0.2) is 97.1 Å². The molecule has 1 fully saturated rings. The minimum absolute atomic E-state index is 0.0224. The van der Waals surface area contributed by atoms with Gasteiger partial charge in [-0.25, -0.2) is 0 Å². The highest BCUT2D eigenvalue weighted by atomic mass is 16.7. The highest BCUT2D eigenvalue weighted by Crippen LogP contribution is 2.27. The summed E-state index contributed by atoms with van der Waals surface area (Å²) in [4.78, 5) is 21.8. The standard InChI is InChI=1S/C20H32O2.C12H16O2.2C10H14O.C9H18O2/c1-4-16(2)19-10-12-20(13-11-19)22-17(3)21-15-14-18-8-6-5-7-9-18;1-4-9(2)11-5-7-12(8-6-11)14-10(3)13;2*1-3-8(2)9-4-6-10(11)7-5-9;1-6-7(2)8(10)11-9(3,4)5/h10-13,16-18H,4-9,14-15H2,1-3H3;5-9H,4H2,1-3H3;2*4-8,11H,3H2,1-2H3;7H,6H2,1-5H3. The van der Waals surface area contributed by atoms with Crippen LogP contribution >= 0.6 is 0 Å². The third-order valence-electron chi connectivity index (χ3n) is 12.9. The summed E-state index contributed by atoms with van der Waals surface area (Å²) in [5, 5.41) is 18.0. The SMILES string of the molecule is CCC(C)C(=O)OC(C)(C)C.CCC(C)c1ccc(O)cc1.CCC(C)c1ccc(O)cc1.CCC(C)c1ccc(OC(C)=O)cc1.CCC(C)c1ccc(OC(C)OCCC2CCCCC2)cc1. The number of carbonyl (C=O) groups is 2. The summed E-state index contributed by atoms with van der Waals surface area (Å²) in [5.74, 6) is 5.08. The molecule has 8 heteroatoms. The molecule has 1 saturated carbocycles. The van der Waals surface area contributed by atoms with Crippen molar-refractivity contribution < 1.29 is 38.7 Å². The molecule has 0 radical (unpaired) electrons. The largest absolute Gasteiger partial charge is 0.508 e. The molecular formula is C61H94O8. The average molecular weight is 955 g/mol.